The van der Waals surface area contributed by atoms with Crippen molar-refractivity contribution in [1.29, 1.82) is 0 Å². The molecule has 0 unspecified atom stereocenters. The standard InChI is InChI=1S/C16H14N4O2/c1-20-10-12(6-7-15(20)21)16(22)19-17-9-13-8-11-4-2-3-5-14(11)18-13/h2-10,18H,1H3,(H,19,22)/b17-9-. The summed E-state index contributed by atoms with van der Waals surface area (Å²) >= 11 is 0. The molecule has 1 aromatic carbocycles. The number of carbonyl (C=O) groups excluding carboxylic acids is 1. The summed E-state index contributed by atoms with van der Waals surface area (Å²) in [7, 11) is 1.59. The van der Waals surface area contributed by atoms with Gasteiger partial charge in [0.1, 0.15) is 0 Å². The van der Waals surface area contributed by atoms with E-state index in [0.29, 0.717) is 5.56 Å². The van der Waals surface area contributed by atoms with Crippen LogP contribution in [0.2, 0.25) is 0 Å². The Kier molecular flexibility index (Phi) is 3.57. The number of benzene rings is 1. The van der Waals surface area contributed by atoms with E-state index in [9.17, 15) is 9.59 Å². The number of aromatic amines is 1. The molecule has 0 fully saturated rings. The average molecular weight is 294 g/mol. The maximum Gasteiger partial charge on any atom is 0.272 e. The molecule has 2 heterocycles. The van der Waals surface area contributed by atoms with E-state index < -0.39 is 0 Å². The molecule has 0 spiro atoms. The molecule has 2 N–H and O–H groups in total. The van der Waals surface area contributed by atoms with Crippen LogP contribution in [0.25, 0.3) is 10.9 Å². The zero-order chi connectivity index (χ0) is 15.5. The van der Waals surface area contributed by atoms with Gasteiger partial charge >= 0.3 is 0 Å². The van der Waals surface area contributed by atoms with Crippen LogP contribution < -0.4 is 11.0 Å². The van der Waals surface area contributed by atoms with Crippen LogP contribution in [0, 0.1) is 0 Å². The fourth-order valence-corrected chi connectivity index (χ4v) is 2.12. The molecule has 0 aliphatic carbocycles. The lowest BCUT2D eigenvalue weighted by Gasteiger charge is -2.01. The molecular formula is C16H14N4O2. The largest absolute Gasteiger partial charge is 0.354 e. The summed E-state index contributed by atoms with van der Waals surface area (Å²) in [6.07, 6.45) is 3.01. The second-order valence-corrected chi connectivity index (χ2v) is 4.88. The van der Waals surface area contributed by atoms with Gasteiger partial charge in [-0.2, -0.15) is 5.10 Å². The van der Waals surface area contributed by atoms with Crippen molar-refractivity contribution < 1.29 is 4.79 Å². The summed E-state index contributed by atoms with van der Waals surface area (Å²) < 4.78 is 1.34. The van der Waals surface area contributed by atoms with Gasteiger partial charge in [-0.25, -0.2) is 5.43 Å². The lowest BCUT2D eigenvalue weighted by molar-refractivity contribution is 0.0954. The van der Waals surface area contributed by atoms with Gasteiger partial charge in [0.15, 0.2) is 0 Å². The number of aromatic nitrogens is 2. The number of nitrogens with zero attached hydrogens (tertiary/aromatic N) is 2. The second kappa shape index (κ2) is 5.69. The Labute approximate surface area is 126 Å². The number of H-pyrrole nitrogens is 1. The minimum Gasteiger partial charge on any atom is -0.354 e. The normalized spacial score (nSPS) is 11.1. The highest BCUT2D eigenvalue weighted by Gasteiger charge is 2.05. The predicted molar refractivity (Wildman–Crippen MR) is 85.0 cm³/mol. The average Bonchev–Trinajstić information content (AvgIpc) is 2.92. The molecule has 0 bridgehead atoms. The van der Waals surface area contributed by atoms with E-state index in [-0.39, 0.29) is 11.5 Å². The molecule has 6 nitrogen and oxygen atoms in total. The maximum absolute atomic E-state index is 11.9. The zero-order valence-electron chi connectivity index (χ0n) is 11.9. The summed E-state index contributed by atoms with van der Waals surface area (Å²) in [6.45, 7) is 0. The van der Waals surface area contributed by atoms with Crippen molar-refractivity contribution in [3.05, 3.63) is 70.3 Å². The SMILES string of the molecule is Cn1cc(C(=O)N/N=C\c2cc3ccccc3[nH]2)ccc1=O. The van der Waals surface area contributed by atoms with Crippen LogP contribution in [-0.2, 0) is 7.05 Å². The van der Waals surface area contributed by atoms with Gasteiger partial charge < -0.3 is 9.55 Å². The Balaban J connectivity index is 1.72. The summed E-state index contributed by atoms with van der Waals surface area (Å²) in [6, 6.07) is 12.6. The third kappa shape index (κ3) is 2.80. The first-order valence-corrected chi connectivity index (χ1v) is 6.71. The number of nitrogens with one attached hydrogen (secondary N) is 2. The summed E-state index contributed by atoms with van der Waals surface area (Å²) in [5.41, 5.74) is 4.44. The Morgan fingerprint density at radius 1 is 1.27 bits per heavy atom. The van der Waals surface area contributed by atoms with Crippen LogP contribution in [0.1, 0.15) is 16.1 Å². The molecule has 6 heteroatoms. The molecule has 0 aliphatic rings. The van der Waals surface area contributed by atoms with Crippen molar-refractivity contribution in [2.75, 3.05) is 0 Å². The van der Waals surface area contributed by atoms with Crippen molar-refractivity contribution in [3.8, 4) is 0 Å². The number of hydrazone groups is 1. The lowest BCUT2D eigenvalue weighted by atomic mass is 10.2. The van der Waals surface area contributed by atoms with Gasteiger partial charge in [0.05, 0.1) is 17.5 Å². The fraction of sp³-hybridized carbons (Fsp3) is 0.0625. The van der Waals surface area contributed by atoms with E-state index in [2.05, 4.69) is 15.5 Å². The molecule has 1 amide bonds. The topological polar surface area (TPSA) is 79.2 Å². The second-order valence-electron chi connectivity index (χ2n) is 4.88. The highest BCUT2D eigenvalue weighted by Crippen LogP contribution is 2.13. The third-order valence-electron chi connectivity index (χ3n) is 3.27. The monoisotopic (exact) mass is 294 g/mol. The molecule has 0 aliphatic heterocycles. The van der Waals surface area contributed by atoms with Crippen LogP contribution in [0.5, 0.6) is 0 Å². The molecule has 22 heavy (non-hydrogen) atoms. The van der Waals surface area contributed by atoms with Crippen molar-refractivity contribution in [3.63, 3.8) is 0 Å². The number of para-hydroxylation sites is 1. The van der Waals surface area contributed by atoms with Crippen LogP contribution in [0.15, 0.2) is 58.6 Å². The van der Waals surface area contributed by atoms with Crippen LogP contribution in [0.4, 0.5) is 0 Å². The van der Waals surface area contributed by atoms with Gasteiger partial charge in [0.2, 0.25) is 5.56 Å². The third-order valence-corrected chi connectivity index (χ3v) is 3.27. The molecule has 0 atom stereocenters. The number of fused-ring (bicyclic) bond motifs is 1. The number of hydrogen-bond donors (Lipinski definition) is 2. The van der Waals surface area contributed by atoms with E-state index in [4.69, 9.17) is 0 Å². The molecule has 3 aromatic rings. The minimum atomic E-state index is -0.372. The fourth-order valence-electron chi connectivity index (χ4n) is 2.12. The predicted octanol–water partition coefficient (Wildman–Crippen LogP) is 1.63. The lowest BCUT2D eigenvalue weighted by Crippen LogP contribution is -2.22. The van der Waals surface area contributed by atoms with Gasteiger partial charge in [-0.1, -0.05) is 18.2 Å². The Morgan fingerprint density at radius 2 is 2.09 bits per heavy atom. The van der Waals surface area contributed by atoms with Crippen LogP contribution in [-0.4, -0.2) is 21.7 Å². The molecule has 3 rings (SSSR count). The molecule has 110 valence electrons. The molecule has 0 saturated heterocycles. The smallest absolute Gasteiger partial charge is 0.272 e. The van der Waals surface area contributed by atoms with Gasteiger partial charge in [0, 0.05) is 30.2 Å². The Morgan fingerprint density at radius 3 is 2.86 bits per heavy atom. The summed E-state index contributed by atoms with van der Waals surface area (Å²) in [5.74, 6) is -0.372. The Bertz CT molecular complexity index is 888. The van der Waals surface area contributed by atoms with E-state index >= 15 is 0 Å². The van der Waals surface area contributed by atoms with Gasteiger partial charge in [-0.05, 0) is 18.2 Å². The Hall–Kier alpha value is -3.15. The quantitative estimate of drug-likeness (QED) is 0.569. The number of aryl methyl sites for hydroxylation is 1. The minimum absolute atomic E-state index is 0.168. The van der Waals surface area contributed by atoms with Gasteiger partial charge in [0.25, 0.3) is 5.91 Å². The van der Waals surface area contributed by atoms with Crippen molar-refractivity contribution >= 4 is 23.0 Å². The van der Waals surface area contributed by atoms with Crippen molar-refractivity contribution in [2.45, 2.75) is 0 Å². The molecular weight excluding hydrogens is 280 g/mol. The van der Waals surface area contributed by atoms with E-state index in [1.165, 1.54) is 22.9 Å². The van der Waals surface area contributed by atoms with E-state index in [0.717, 1.165) is 16.6 Å². The summed E-state index contributed by atoms with van der Waals surface area (Å²) in [4.78, 5) is 26.4. The van der Waals surface area contributed by atoms with Crippen LogP contribution in [0.3, 0.4) is 0 Å². The number of hydrogen-bond acceptors (Lipinski definition) is 3. The highest BCUT2D eigenvalue weighted by atomic mass is 16.2. The number of rotatable bonds is 3. The van der Waals surface area contributed by atoms with Crippen molar-refractivity contribution in [1.82, 2.24) is 15.0 Å². The summed E-state index contributed by atoms with van der Waals surface area (Å²) in [5, 5.41) is 5.00. The maximum atomic E-state index is 11.9. The molecule has 0 saturated carbocycles. The molecule has 2 aromatic heterocycles. The molecule has 0 radical (unpaired) electrons. The first kappa shape index (κ1) is 13.8. The van der Waals surface area contributed by atoms with Crippen LogP contribution >= 0.6 is 0 Å². The zero-order valence-corrected chi connectivity index (χ0v) is 11.9. The van der Waals surface area contributed by atoms with Gasteiger partial charge in [-0.15, -0.1) is 0 Å². The number of pyridine rings is 1. The number of amides is 1. The first-order chi connectivity index (χ1) is 10.6. The van der Waals surface area contributed by atoms with Gasteiger partial charge in [-0.3, -0.25) is 9.59 Å². The van der Waals surface area contributed by atoms with Crippen molar-refractivity contribution in [2.24, 2.45) is 12.1 Å². The highest BCUT2D eigenvalue weighted by molar-refractivity contribution is 5.95. The van der Waals surface area contributed by atoms with E-state index in [1.807, 2.05) is 30.3 Å². The van der Waals surface area contributed by atoms with E-state index in [1.54, 1.807) is 13.3 Å². The number of carbonyl (C=O) groups is 1. The first-order valence-electron chi connectivity index (χ1n) is 6.71.